The van der Waals surface area contributed by atoms with Crippen LogP contribution in [0.15, 0.2) is 52.3 Å². The van der Waals surface area contributed by atoms with E-state index in [1.165, 1.54) is 31.4 Å². The molecule has 1 aliphatic heterocycles. The van der Waals surface area contributed by atoms with Crippen LogP contribution in [0.2, 0.25) is 0 Å². The fraction of sp³-hybridized carbons (Fsp3) is 0.333. The predicted molar refractivity (Wildman–Crippen MR) is 105 cm³/mol. The van der Waals surface area contributed by atoms with Crippen LogP contribution in [0.3, 0.4) is 0 Å². The molecule has 0 saturated heterocycles. The highest BCUT2D eigenvalue weighted by atomic mass is 16.5. The summed E-state index contributed by atoms with van der Waals surface area (Å²) in [4.78, 5) is 27.2. The molecule has 1 unspecified atom stereocenters. The monoisotopic (exact) mass is 417 g/mol. The molecule has 0 bridgehead atoms. The number of carbonyl (C=O) groups is 2. The van der Waals surface area contributed by atoms with Crippen molar-refractivity contribution in [1.29, 1.82) is 0 Å². The van der Waals surface area contributed by atoms with Crippen molar-refractivity contribution in [2.45, 2.75) is 6.04 Å². The zero-order valence-corrected chi connectivity index (χ0v) is 16.7. The van der Waals surface area contributed by atoms with E-state index in [1.807, 2.05) is 0 Å². The molecule has 1 aromatic heterocycles. The van der Waals surface area contributed by atoms with Gasteiger partial charge in [-0.25, -0.2) is 0 Å². The van der Waals surface area contributed by atoms with Crippen LogP contribution in [-0.4, -0.2) is 67.4 Å². The van der Waals surface area contributed by atoms with E-state index in [2.05, 4.69) is 0 Å². The lowest BCUT2D eigenvalue weighted by Gasteiger charge is -2.28. The van der Waals surface area contributed by atoms with Gasteiger partial charge in [0.25, 0.3) is 5.91 Å². The Bertz CT molecular complexity index is 934. The van der Waals surface area contributed by atoms with Gasteiger partial charge in [-0.1, -0.05) is 0 Å². The van der Waals surface area contributed by atoms with Crippen LogP contribution in [-0.2, 0) is 9.53 Å². The summed E-state index contributed by atoms with van der Waals surface area (Å²) in [5, 5.41) is 19.5. The van der Waals surface area contributed by atoms with Crippen LogP contribution in [0.25, 0.3) is 0 Å². The van der Waals surface area contributed by atoms with E-state index in [1.54, 1.807) is 24.3 Å². The maximum absolute atomic E-state index is 13.1. The molecule has 30 heavy (non-hydrogen) atoms. The Morgan fingerprint density at radius 2 is 2.00 bits per heavy atom. The Balaban J connectivity index is 2.06. The van der Waals surface area contributed by atoms with Crippen LogP contribution < -0.4 is 9.47 Å². The maximum Gasteiger partial charge on any atom is 0.290 e. The third-order valence-electron chi connectivity index (χ3n) is 4.74. The van der Waals surface area contributed by atoms with Crippen LogP contribution >= 0.6 is 0 Å². The van der Waals surface area contributed by atoms with Crippen LogP contribution in [0.1, 0.15) is 22.2 Å². The number of Topliss-reactive ketones (excluding diaryl/α,β-unsaturated/α-hetero) is 1. The molecule has 2 heterocycles. The van der Waals surface area contributed by atoms with Gasteiger partial charge in [-0.3, -0.25) is 9.59 Å². The molecule has 9 nitrogen and oxygen atoms in total. The lowest BCUT2D eigenvalue weighted by molar-refractivity contribution is -0.130. The summed E-state index contributed by atoms with van der Waals surface area (Å²) in [6.07, 6.45) is 1.34. The number of aliphatic hydroxyl groups excluding tert-OH is 2. The van der Waals surface area contributed by atoms with Crippen LogP contribution in [0.4, 0.5) is 0 Å². The molecule has 1 aliphatic rings. The largest absolute Gasteiger partial charge is 0.503 e. The maximum atomic E-state index is 13.1. The Kier molecular flexibility index (Phi) is 6.76. The Hall–Kier alpha value is -3.30. The number of hydrogen-bond donors (Lipinski definition) is 2. The second-order valence-electron chi connectivity index (χ2n) is 6.41. The van der Waals surface area contributed by atoms with Crippen LogP contribution in [0.5, 0.6) is 11.5 Å². The SMILES string of the molecule is COc1ccc(C2C(C(=O)c3ccco3)=C(O)C(=O)N2CCOCCO)c(OC)c1. The molecule has 3 rings (SSSR count). The molecule has 0 saturated carbocycles. The lowest BCUT2D eigenvalue weighted by Crippen LogP contribution is -2.34. The second kappa shape index (κ2) is 9.47. The molecule has 0 radical (unpaired) electrons. The van der Waals surface area contributed by atoms with E-state index in [0.29, 0.717) is 17.1 Å². The number of hydrogen-bond acceptors (Lipinski definition) is 8. The van der Waals surface area contributed by atoms with Gasteiger partial charge in [0, 0.05) is 18.2 Å². The van der Waals surface area contributed by atoms with Crippen molar-refractivity contribution >= 4 is 11.7 Å². The highest BCUT2D eigenvalue weighted by Gasteiger charge is 2.45. The summed E-state index contributed by atoms with van der Waals surface area (Å²) in [5.74, 6) is -1.05. The first-order chi connectivity index (χ1) is 14.5. The van der Waals surface area contributed by atoms with Gasteiger partial charge in [0.2, 0.25) is 5.78 Å². The summed E-state index contributed by atoms with van der Waals surface area (Å²) in [5.41, 5.74) is 0.383. The van der Waals surface area contributed by atoms with E-state index < -0.39 is 23.5 Å². The minimum absolute atomic E-state index is 0.000194. The number of ketones is 1. The summed E-state index contributed by atoms with van der Waals surface area (Å²) < 4.78 is 21.1. The van der Waals surface area contributed by atoms with Crippen LogP contribution in [0, 0.1) is 0 Å². The molecule has 0 spiro atoms. The van der Waals surface area contributed by atoms with Crippen molar-refractivity contribution in [2.24, 2.45) is 0 Å². The van der Waals surface area contributed by atoms with Gasteiger partial charge in [0.15, 0.2) is 11.5 Å². The molecular formula is C21H23NO8. The Labute approximate surface area is 173 Å². The highest BCUT2D eigenvalue weighted by molar-refractivity contribution is 6.15. The minimum Gasteiger partial charge on any atom is -0.503 e. The molecule has 1 amide bonds. The van der Waals surface area contributed by atoms with Gasteiger partial charge in [0.1, 0.15) is 11.5 Å². The van der Waals surface area contributed by atoms with Gasteiger partial charge in [-0.2, -0.15) is 0 Å². The summed E-state index contributed by atoms with van der Waals surface area (Å²) >= 11 is 0. The number of furan rings is 1. The first-order valence-corrected chi connectivity index (χ1v) is 9.26. The minimum atomic E-state index is -0.923. The third-order valence-corrected chi connectivity index (χ3v) is 4.74. The summed E-state index contributed by atoms with van der Waals surface area (Å²) in [6, 6.07) is 7.06. The smallest absolute Gasteiger partial charge is 0.290 e. The Morgan fingerprint density at radius 1 is 1.20 bits per heavy atom. The number of ether oxygens (including phenoxy) is 3. The standard InChI is InChI=1S/C21H23NO8/c1-27-13-5-6-14(16(12-13)28-2)18-17(19(24)15-4-3-9-30-15)20(25)21(26)22(18)7-10-29-11-8-23/h3-6,9,12,18,23,25H,7-8,10-11H2,1-2H3. The zero-order valence-electron chi connectivity index (χ0n) is 16.7. The van der Waals surface area contributed by atoms with E-state index in [0.717, 1.165) is 0 Å². The number of rotatable bonds is 10. The first-order valence-electron chi connectivity index (χ1n) is 9.26. The highest BCUT2D eigenvalue weighted by Crippen LogP contribution is 2.43. The van der Waals surface area contributed by atoms with Crippen molar-refractivity contribution < 1.29 is 38.4 Å². The molecule has 160 valence electrons. The average molecular weight is 417 g/mol. The van der Waals surface area contributed by atoms with Gasteiger partial charge in [-0.15, -0.1) is 0 Å². The molecule has 1 atom stereocenters. The van der Waals surface area contributed by atoms with Crippen molar-refractivity contribution in [3.8, 4) is 11.5 Å². The van der Waals surface area contributed by atoms with Gasteiger partial charge in [0.05, 0.1) is 51.9 Å². The lowest BCUT2D eigenvalue weighted by atomic mass is 9.94. The molecule has 9 heteroatoms. The van der Waals surface area contributed by atoms with E-state index in [9.17, 15) is 14.7 Å². The van der Waals surface area contributed by atoms with Crippen molar-refractivity contribution in [2.75, 3.05) is 40.6 Å². The number of nitrogens with zero attached hydrogens (tertiary/aromatic N) is 1. The van der Waals surface area contributed by atoms with Gasteiger partial charge < -0.3 is 33.7 Å². The zero-order chi connectivity index (χ0) is 21.7. The van der Waals surface area contributed by atoms with E-state index in [4.69, 9.17) is 23.7 Å². The normalized spacial score (nSPS) is 16.3. The fourth-order valence-electron chi connectivity index (χ4n) is 3.35. The summed E-state index contributed by atoms with van der Waals surface area (Å²) in [6.45, 7) is 0.139. The molecule has 2 aromatic rings. The number of carbonyl (C=O) groups excluding carboxylic acids is 2. The number of benzene rings is 1. The van der Waals surface area contributed by atoms with Crippen molar-refractivity contribution in [3.05, 3.63) is 59.3 Å². The second-order valence-corrected chi connectivity index (χ2v) is 6.41. The number of methoxy groups -OCH3 is 2. The molecular weight excluding hydrogens is 394 g/mol. The summed E-state index contributed by atoms with van der Waals surface area (Å²) in [7, 11) is 2.97. The van der Waals surface area contributed by atoms with Gasteiger partial charge >= 0.3 is 0 Å². The molecule has 2 N–H and O–H groups in total. The third kappa shape index (κ3) is 4.03. The molecule has 1 aromatic carbocycles. The number of aliphatic hydroxyl groups is 2. The van der Waals surface area contributed by atoms with Gasteiger partial charge in [-0.05, 0) is 24.3 Å². The topological polar surface area (TPSA) is 119 Å². The fourth-order valence-corrected chi connectivity index (χ4v) is 3.35. The quantitative estimate of drug-likeness (QED) is 0.444. The van der Waals surface area contributed by atoms with Crippen molar-refractivity contribution in [1.82, 2.24) is 4.90 Å². The van der Waals surface area contributed by atoms with E-state index in [-0.39, 0.29) is 37.7 Å². The molecule has 0 aliphatic carbocycles. The Morgan fingerprint density at radius 3 is 2.63 bits per heavy atom. The van der Waals surface area contributed by atoms with Crippen molar-refractivity contribution in [3.63, 3.8) is 0 Å². The van der Waals surface area contributed by atoms with E-state index >= 15 is 0 Å². The predicted octanol–water partition coefficient (Wildman–Crippen LogP) is 1.88. The average Bonchev–Trinajstić information content (AvgIpc) is 3.38. The molecule has 0 fully saturated rings. The first kappa shape index (κ1) is 21.4. The number of amides is 1.